The molecule has 2 rings (SSSR count). The third-order valence-corrected chi connectivity index (χ3v) is 2.83. The van der Waals surface area contributed by atoms with Crippen LogP contribution < -0.4 is 16.0 Å². The highest BCUT2D eigenvalue weighted by Crippen LogP contribution is 2.11. The van der Waals surface area contributed by atoms with Crippen LogP contribution in [0.3, 0.4) is 0 Å². The fourth-order valence-electron chi connectivity index (χ4n) is 1.79. The van der Waals surface area contributed by atoms with Gasteiger partial charge in [0.15, 0.2) is 0 Å². The Hall–Kier alpha value is -2.63. The molecular formula is C16H19FN4O. The van der Waals surface area contributed by atoms with Crippen LogP contribution in [0, 0.1) is 5.82 Å². The summed E-state index contributed by atoms with van der Waals surface area (Å²) >= 11 is 0. The number of anilines is 2. The summed E-state index contributed by atoms with van der Waals surface area (Å²) in [7, 11) is 0. The summed E-state index contributed by atoms with van der Waals surface area (Å²) in [5.74, 6) is 0.228. The summed E-state index contributed by atoms with van der Waals surface area (Å²) in [6.07, 6.45) is 1.63. The second-order valence-electron chi connectivity index (χ2n) is 5.17. The zero-order valence-corrected chi connectivity index (χ0v) is 12.6. The molecule has 1 aromatic heterocycles. The highest BCUT2D eigenvalue weighted by Gasteiger charge is 2.04. The van der Waals surface area contributed by atoms with Gasteiger partial charge < -0.3 is 10.6 Å². The van der Waals surface area contributed by atoms with Crippen LogP contribution in [0.15, 0.2) is 42.6 Å². The molecule has 0 bridgehead atoms. The minimum absolute atomic E-state index is 0.0663. The van der Waals surface area contributed by atoms with Gasteiger partial charge >= 0.3 is 6.03 Å². The molecule has 1 heterocycles. The number of urea groups is 1. The molecule has 1 aromatic carbocycles. The van der Waals surface area contributed by atoms with Crippen molar-refractivity contribution < 1.29 is 9.18 Å². The van der Waals surface area contributed by atoms with Crippen LogP contribution in [-0.2, 0) is 6.54 Å². The Morgan fingerprint density at radius 2 is 1.91 bits per heavy atom. The molecule has 3 N–H and O–H groups in total. The summed E-state index contributed by atoms with van der Waals surface area (Å²) in [5, 5.41) is 8.55. The molecule has 0 aliphatic heterocycles. The molecule has 0 fully saturated rings. The zero-order chi connectivity index (χ0) is 15.9. The molecule has 0 atom stereocenters. The van der Waals surface area contributed by atoms with Crippen molar-refractivity contribution in [3.63, 3.8) is 0 Å². The third-order valence-electron chi connectivity index (χ3n) is 2.83. The zero-order valence-electron chi connectivity index (χ0n) is 12.6. The summed E-state index contributed by atoms with van der Waals surface area (Å²) in [6, 6.07) is 9.62. The van der Waals surface area contributed by atoms with Crippen LogP contribution in [0.2, 0.25) is 0 Å². The molecule has 5 nitrogen and oxygen atoms in total. The van der Waals surface area contributed by atoms with Crippen molar-refractivity contribution >= 4 is 17.5 Å². The van der Waals surface area contributed by atoms with E-state index in [0.29, 0.717) is 12.4 Å². The van der Waals surface area contributed by atoms with Gasteiger partial charge in [-0.2, -0.15) is 0 Å². The lowest BCUT2D eigenvalue weighted by Gasteiger charge is -2.10. The maximum Gasteiger partial charge on any atom is 0.320 e. The molecule has 0 aliphatic carbocycles. The van der Waals surface area contributed by atoms with Gasteiger partial charge in [0.25, 0.3) is 0 Å². The average molecular weight is 302 g/mol. The second-order valence-corrected chi connectivity index (χ2v) is 5.17. The van der Waals surface area contributed by atoms with Gasteiger partial charge in [0.1, 0.15) is 11.6 Å². The lowest BCUT2D eigenvalue weighted by Crippen LogP contribution is -2.34. The first kappa shape index (κ1) is 15.8. The number of rotatable bonds is 5. The number of carbonyl (C=O) groups excluding carboxylic acids is 1. The number of amides is 2. The SMILES string of the molecule is CC(C)NC(=O)Nc1ccc(NCc2ccc(F)cc2)cn1. The van der Waals surface area contributed by atoms with Gasteiger partial charge in [0.05, 0.1) is 11.9 Å². The Kier molecular flexibility index (Phi) is 5.30. The molecule has 0 saturated heterocycles. The van der Waals surface area contributed by atoms with Crippen LogP contribution in [0.5, 0.6) is 0 Å². The van der Waals surface area contributed by atoms with Crippen molar-refractivity contribution in [3.8, 4) is 0 Å². The first-order chi connectivity index (χ1) is 10.5. The fourth-order valence-corrected chi connectivity index (χ4v) is 1.79. The monoisotopic (exact) mass is 302 g/mol. The lowest BCUT2D eigenvalue weighted by atomic mass is 10.2. The number of halogens is 1. The topological polar surface area (TPSA) is 66.1 Å². The lowest BCUT2D eigenvalue weighted by molar-refractivity contribution is 0.250. The number of hydrogen-bond acceptors (Lipinski definition) is 3. The van der Waals surface area contributed by atoms with E-state index < -0.39 is 0 Å². The molecule has 0 saturated carbocycles. The van der Waals surface area contributed by atoms with Gasteiger partial charge in [-0.3, -0.25) is 5.32 Å². The molecule has 2 amide bonds. The molecule has 22 heavy (non-hydrogen) atoms. The van der Waals surface area contributed by atoms with E-state index in [1.165, 1.54) is 12.1 Å². The van der Waals surface area contributed by atoms with Crippen molar-refractivity contribution in [1.82, 2.24) is 10.3 Å². The van der Waals surface area contributed by atoms with Crippen LogP contribution in [0.4, 0.5) is 20.7 Å². The number of benzene rings is 1. The summed E-state index contributed by atoms with van der Waals surface area (Å²) in [5.41, 5.74) is 1.79. The molecule has 116 valence electrons. The van der Waals surface area contributed by atoms with E-state index in [1.54, 1.807) is 24.4 Å². The fraction of sp³-hybridized carbons (Fsp3) is 0.250. The predicted molar refractivity (Wildman–Crippen MR) is 85.3 cm³/mol. The predicted octanol–water partition coefficient (Wildman–Crippen LogP) is 3.36. The Bertz CT molecular complexity index is 611. The van der Waals surface area contributed by atoms with Crippen molar-refractivity contribution in [1.29, 1.82) is 0 Å². The summed E-state index contributed by atoms with van der Waals surface area (Å²) in [4.78, 5) is 15.7. The standard InChI is InChI=1S/C16H19FN4O/c1-11(2)20-16(22)21-15-8-7-14(10-19-15)18-9-12-3-5-13(17)6-4-12/h3-8,10-11,18H,9H2,1-2H3,(H2,19,20,21,22). The number of pyridine rings is 1. The van der Waals surface area contributed by atoms with Crippen molar-refractivity contribution in [3.05, 3.63) is 54.0 Å². The minimum atomic E-state index is -0.283. The molecule has 0 aliphatic rings. The smallest absolute Gasteiger partial charge is 0.320 e. The van der Waals surface area contributed by atoms with Crippen LogP contribution in [-0.4, -0.2) is 17.1 Å². The van der Waals surface area contributed by atoms with Crippen molar-refractivity contribution in [2.24, 2.45) is 0 Å². The van der Waals surface area contributed by atoms with Gasteiger partial charge in [0.2, 0.25) is 0 Å². The first-order valence-corrected chi connectivity index (χ1v) is 7.05. The Morgan fingerprint density at radius 3 is 2.50 bits per heavy atom. The van der Waals surface area contributed by atoms with Crippen molar-refractivity contribution in [2.45, 2.75) is 26.4 Å². The first-order valence-electron chi connectivity index (χ1n) is 7.05. The Morgan fingerprint density at radius 1 is 1.18 bits per heavy atom. The van der Waals surface area contributed by atoms with E-state index in [2.05, 4.69) is 20.9 Å². The number of nitrogens with zero attached hydrogens (tertiary/aromatic N) is 1. The van der Waals surface area contributed by atoms with E-state index in [4.69, 9.17) is 0 Å². The van der Waals surface area contributed by atoms with Crippen LogP contribution in [0.1, 0.15) is 19.4 Å². The third kappa shape index (κ3) is 5.05. The maximum atomic E-state index is 12.8. The van der Waals surface area contributed by atoms with Gasteiger partial charge in [-0.15, -0.1) is 0 Å². The van der Waals surface area contributed by atoms with Gasteiger partial charge in [0, 0.05) is 12.6 Å². The molecule has 6 heteroatoms. The molecule has 0 unspecified atom stereocenters. The quantitative estimate of drug-likeness (QED) is 0.793. The second kappa shape index (κ2) is 7.40. The van der Waals surface area contributed by atoms with Crippen LogP contribution in [0.25, 0.3) is 0 Å². The Balaban J connectivity index is 1.86. The molecule has 0 radical (unpaired) electrons. The van der Waals surface area contributed by atoms with Crippen LogP contribution >= 0.6 is 0 Å². The minimum Gasteiger partial charge on any atom is -0.380 e. The van der Waals surface area contributed by atoms with E-state index in [1.807, 2.05) is 19.9 Å². The molecular weight excluding hydrogens is 283 g/mol. The summed E-state index contributed by atoms with van der Waals surface area (Å²) in [6.45, 7) is 4.34. The highest BCUT2D eigenvalue weighted by atomic mass is 19.1. The average Bonchev–Trinajstić information content (AvgIpc) is 2.47. The molecule has 0 spiro atoms. The molecule has 2 aromatic rings. The maximum absolute atomic E-state index is 12.8. The largest absolute Gasteiger partial charge is 0.380 e. The normalized spacial score (nSPS) is 10.4. The highest BCUT2D eigenvalue weighted by molar-refractivity contribution is 5.88. The van der Waals surface area contributed by atoms with Crippen molar-refractivity contribution in [2.75, 3.05) is 10.6 Å². The number of carbonyl (C=O) groups is 1. The Labute approximate surface area is 129 Å². The van der Waals surface area contributed by atoms with E-state index in [-0.39, 0.29) is 17.9 Å². The number of hydrogen-bond donors (Lipinski definition) is 3. The summed E-state index contributed by atoms with van der Waals surface area (Å²) < 4.78 is 12.8. The van der Waals surface area contributed by atoms with E-state index in [9.17, 15) is 9.18 Å². The number of aromatic nitrogens is 1. The number of nitrogens with one attached hydrogen (secondary N) is 3. The van der Waals surface area contributed by atoms with Gasteiger partial charge in [-0.1, -0.05) is 12.1 Å². The van der Waals surface area contributed by atoms with Gasteiger partial charge in [-0.05, 0) is 43.7 Å². The van der Waals surface area contributed by atoms with E-state index >= 15 is 0 Å². The van der Waals surface area contributed by atoms with E-state index in [0.717, 1.165) is 11.3 Å². The van der Waals surface area contributed by atoms with Gasteiger partial charge in [-0.25, -0.2) is 14.2 Å².